The first-order valence-corrected chi connectivity index (χ1v) is 8.11. The Balaban J connectivity index is 1.42. The van der Waals surface area contributed by atoms with Crippen molar-refractivity contribution < 1.29 is 14.6 Å². The van der Waals surface area contributed by atoms with Gasteiger partial charge in [0.05, 0.1) is 25.9 Å². The first kappa shape index (κ1) is 14.7. The molecule has 0 radical (unpaired) electrons. The lowest BCUT2D eigenvalue weighted by molar-refractivity contribution is 0.00480. The standard InChI is InChI=1S/C15H28N2O3/c18-15(10-16-4-7-19-8-5-16)11-17(14-1-2-14)9-13-3-6-20-12-13/h13-15,18H,1-12H2. The molecule has 2 saturated heterocycles. The van der Waals surface area contributed by atoms with E-state index in [1.54, 1.807) is 0 Å². The third-order valence-electron chi connectivity index (χ3n) is 4.60. The first-order chi connectivity index (χ1) is 9.81. The van der Waals surface area contributed by atoms with Crippen LogP contribution < -0.4 is 0 Å². The van der Waals surface area contributed by atoms with Crippen LogP contribution >= 0.6 is 0 Å². The lowest BCUT2D eigenvalue weighted by Crippen LogP contribution is -2.46. The van der Waals surface area contributed by atoms with Crippen LogP contribution in [0.3, 0.4) is 0 Å². The Morgan fingerprint density at radius 1 is 1.10 bits per heavy atom. The third-order valence-corrected chi connectivity index (χ3v) is 4.60. The number of ether oxygens (including phenoxy) is 2. The summed E-state index contributed by atoms with van der Waals surface area (Å²) < 4.78 is 10.8. The lowest BCUT2D eigenvalue weighted by atomic mass is 10.1. The van der Waals surface area contributed by atoms with E-state index in [-0.39, 0.29) is 6.10 Å². The number of nitrogens with zero attached hydrogens (tertiary/aromatic N) is 2. The summed E-state index contributed by atoms with van der Waals surface area (Å²) >= 11 is 0. The van der Waals surface area contributed by atoms with E-state index >= 15 is 0 Å². The summed E-state index contributed by atoms with van der Waals surface area (Å²) in [6.07, 6.45) is 3.55. The molecule has 0 spiro atoms. The van der Waals surface area contributed by atoms with Crippen LogP contribution in [-0.4, -0.2) is 86.2 Å². The Hall–Kier alpha value is -0.200. The summed E-state index contributed by atoms with van der Waals surface area (Å²) in [5, 5.41) is 10.4. The first-order valence-electron chi connectivity index (χ1n) is 8.11. The van der Waals surface area contributed by atoms with E-state index < -0.39 is 0 Å². The maximum atomic E-state index is 10.4. The molecule has 2 heterocycles. The second-order valence-corrected chi connectivity index (χ2v) is 6.48. The fourth-order valence-corrected chi connectivity index (χ4v) is 3.28. The number of hydrogen-bond donors (Lipinski definition) is 1. The molecule has 1 aliphatic carbocycles. The molecule has 1 saturated carbocycles. The second kappa shape index (κ2) is 7.18. The van der Waals surface area contributed by atoms with E-state index in [0.29, 0.717) is 5.92 Å². The Kier molecular flexibility index (Phi) is 5.29. The highest BCUT2D eigenvalue weighted by molar-refractivity contribution is 4.88. The van der Waals surface area contributed by atoms with Gasteiger partial charge in [0.2, 0.25) is 0 Å². The van der Waals surface area contributed by atoms with Crippen molar-refractivity contribution in [2.75, 3.05) is 59.2 Å². The highest BCUT2D eigenvalue weighted by Gasteiger charge is 2.33. The van der Waals surface area contributed by atoms with E-state index in [1.807, 2.05) is 0 Å². The van der Waals surface area contributed by atoms with Crippen LogP contribution in [-0.2, 0) is 9.47 Å². The van der Waals surface area contributed by atoms with Crippen LogP contribution in [0.5, 0.6) is 0 Å². The van der Waals surface area contributed by atoms with Gasteiger partial charge in [-0.05, 0) is 25.2 Å². The summed E-state index contributed by atoms with van der Waals surface area (Å²) in [5.74, 6) is 0.672. The van der Waals surface area contributed by atoms with Crippen molar-refractivity contribution in [2.24, 2.45) is 5.92 Å². The quantitative estimate of drug-likeness (QED) is 0.722. The van der Waals surface area contributed by atoms with Crippen molar-refractivity contribution >= 4 is 0 Å². The van der Waals surface area contributed by atoms with Gasteiger partial charge in [0.25, 0.3) is 0 Å². The zero-order valence-corrected chi connectivity index (χ0v) is 12.4. The SMILES string of the molecule is OC(CN1CCOCC1)CN(CC1CCOC1)C1CC1. The van der Waals surface area contributed by atoms with E-state index in [0.717, 1.165) is 65.2 Å². The Labute approximate surface area is 121 Å². The predicted octanol–water partition coefficient (Wildman–Crippen LogP) is 0.180. The number of aliphatic hydroxyl groups is 1. The van der Waals surface area contributed by atoms with E-state index in [9.17, 15) is 5.11 Å². The van der Waals surface area contributed by atoms with Crippen molar-refractivity contribution in [2.45, 2.75) is 31.4 Å². The zero-order valence-electron chi connectivity index (χ0n) is 12.4. The molecule has 0 amide bonds. The number of β-amino-alcohol motifs (C(OH)–C–C–N with tert-alkyl or cyclic N) is 1. The molecule has 0 bridgehead atoms. The van der Waals surface area contributed by atoms with Crippen molar-refractivity contribution in [3.05, 3.63) is 0 Å². The molecule has 3 fully saturated rings. The third kappa shape index (κ3) is 4.40. The topological polar surface area (TPSA) is 45.2 Å². The van der Waals surface area contributed by atoms with Gasteiger partial charge < -0.3 is 14.6 Å². The summed E-state index contributed by atoms with van der Waals surface area (Å²) in [6, 6.07) is 0.718. The highest BCUT2D eigenvalue weighted by Crippen LogP contribution is 2.29. The minimum Gasteiger partial charge on any atom is -0.390 e. The fraction of sp³-hybridized carbons (Fsp3) is 1.00. The number of rotatable bonds is 7. The largest absolute Gasteiger partial charge is 0.390 e. The van der Waals surface area contributed by atoms with Crippen molar-refractivity contribution in [1.29, 1.82) is 0 Å². The molecule has 0 aromatic carbocycles. The van der Waals surface area contributed by atoms with Crippen LogP contribution in [0.2, 0.25) is 0 Å². The van der Waals surface area contributed by atoms with Crippen LogP contribution in [0.15, 0.2) is 0 Å². The van der Waals surface area contributed by atoms with E-state index in [2.05, 4.69) is 9.80 Å². The molecule has 5 nitrogen and oxygen atoms in total. The maximum absolute atomic E-state index is 10.4. The summed E-state index contributed by atoms with van der Waals surface area (Å²) in [7, 11) is 0. The molecule has 2 aliphatic heterocycles. The van der Waals surface area contributed by atoms with Crippen molar-refractivity contribution in [1.82, 2.24) is 9.80 Å². The normalized spacial score (nSPS) is 30.0. The molecule has 116 valence electrons. The molecule has 3 aliphatic rings. The Morgan fingerprint density at radius 2 is 1.90 bits per heavy atom. The predicted molar refractivity (Wildman–Crippen MR) is 76.8 cm³/mol. The van der Waals surface area contributed by atoms with Gasteiger partial charge in [-0.1, -0.05) is 0 Å². The minimum absolute atomic E-state index is 0.240. The van der Waals surface area contributed by atoms with Gasteiger partial charge in [-0.25, -0.2) is 0 Å². The molecule has 2 unspecified atom stereocenters. The van der Waals surface area contributed by atoms with Crippen molar-refractivity contribution in [3.63, 3.8) is 0 Å². The van der Waals surface area contributed by atoms with E-state index in [4.69, 9.17) is 9.47 Å². The van der Waals surface area contributed by atoms with Gasteiger partial charge in [-0.15, -0.1) is 0 Å². The molecule has 1 N–H and O–H groups in total. The van der Waals surface area contributed by atoms with Gasteiger partial charge in [0, 0.05) is 45.4 Å². The van der Waals surface area contributed by atoms with Gasteiger partial charge >= 0.3 is 0 Å². The van der Waals surface area contributed by atoms with E-state index in [1.165, 1.54) is 19.3 Å². The molecule has 2 atom stereocenters. The lowest BCUT2D eigenvalue weighted by Gasteiger charge is -2.32. The zero-order chi connectivity index (χ0) is 13.8. The summed E-state index contributed by atoms with van der Waals surface area (Å²) in [6.45, 7) is 8.05. The number of morpholine rings is 1. The Morgan fingerprint density at radius 3 is 2.55 bits per heavy atom. The summed E-state index contributed by atoms with van der Waals surface area (Å²) in [5.41, 5.74) is 0. The molecule has 0 aromatic heterocycles. The Bertz CT molecular complexity index is 287. The molecule has 20 heavy (non-hydrogen) atoms. The fourth-order valence-electron chi connectivity index (χ4n) is 3.28. The smallest absolute Gasteiger partial charge is 0.0793 e. The molecule has 5 heteroatoms. The average Bonchev–Trinajstić information content (AvgIpc) is 3.18. The van der Waals surface area contributed by atoms with Crippen LogP contribution in [0.25, 0.3) is 0 Å². The van der Waals surface area contributed by atoms with Gasteiger partial charge in [0.15, 0.2) is 0 Å². The van der Waals surface area contributed by atoms with Gasteiger partial charge in [0.1, 0.15) is 0 Å². The van der Waals surface area contributed by atoms with Crippen LogP contribution in [0.4, 0.5) is 0 Å². The second-order valence-electron chi connectivity index (χ2n) is 6.48. The number of aliphatic hydroxyl groups excluding tert-OH is 1. The van der Waals surface area contributed by atoms with Crippen LogP contribution in [0, 0.1) is 5.92 Å². The molecular weight excluding hydrogens is 256 g/mol. The number of hydrogen-bond acceptors (Lipinski definition) is 5. The maximum Gasteiger partial charge on any atom is 0.0793 e. The average molecular weight is 284 g/mol. The van der Waals surface area contributed by atoms with Crippen molar-refractivity contribution in [3.8, 4) is 0 Å². The van der Waals surface area contributed by atoms with Gasteiger partial charge in [-0.3, -0.25) is 9.80 Å². The monoisotopic (exact) mass is 284 g/mol. The van der Waals surface area contributed by atoms with Gasteiger partial charge in [-0.2, -0.15) is 0 Å². The van der Waals surface area contributed by atoms with Crippen LogP contribution in [0.1, 0.15) is 19.3 Å². The summed E-state index contributed by atoms with van der Waals surface area (Å²) in [4.78, 5) is 4.82. The molecule has 0 aromatic rings. The molecule has 3 rings (SSSR count). The minimum atomic E-state index is -0.240. The molecular formula is C15H28N2O3. The highest BCUT2D eigenvalue weighted by atomic mass is 16.5.